The highest BCUT2D eigenvalue weighted by molar-refractivity contribution is 6.31. The SMILES string of the molecule is COc1cc(C)c(C(=O)c2cccc(Cl)c2)cc1C. The molecule has 2 nitrogen and oxygen atoms in total. The lowest BCUT2D eigenvalue weighted by atomic mass is 9.97. The van der Waals surface area contributed by atoms with Crippen molar-refractivity contribution < 1.29 is 9.53 Å². The molecule has 19 heavy (non-hydrogen) atoms. The van der Waals surface area contributed by atoms with Gasteiger partial charge in [0.2, 0.25) is 0 Å². The van der Waals surface area contributed by atoms with Crippen molar-refractivity contribution in [1.29, 1.82) is 0 Å². The molecule has 0 N–H and O–H groups in total. The average molecular weight is 275 g/mol. The van der Waals surface area contributed by atoms with Crippen LogP contribution in [-0.2, 0) is 0 Å². The molecule has 0 saturated heterocycles. The standard InChI is InChI=1S/C16H15ClO2/c1-10-8-15(19-3)11(2)7-14(10)16(18)12-5-4-6-13(17)9-12/h4-9H,1-3H3. The minimum absolute atomic E-state index is 0.0225. The average Bonchev–Trinajstić information content (AvgIpc) is 2.40. The number of halogens is 1. The number of ketones is 1. The minimum Gasteiger partial charge on any atom is -0.496 e. The highest BCUT2D eigenvalue weighted by atomic mass is 35.5. The Hall–Kier alpha value is -1.80. The van der Waals surface area contributed by atoms with Crippen LogP contribution in [0, 0.1) is 13.8 Å². The molecule has 2 aromatic carbocycles. The first-order chi connectivity index (χ1) is 9.02. The molecule has 2 aromatic rings. The zero-order valence-electron chi connectivity index (χ0n) is 11.2. The first-order valence-corrected chi connectivity index (χ1v) is 6.36. The zero-order valence-corrected chi connectivity index (χ0v) is 11.9. The van der Waals surface area contributed by atoms with Crippen LogP contribution in [0.2, 0.25) is 5.02 Å². The lowest BCUT2D eigenvalue weighted by Crippen LogP contribution is -2.05. The zero-order chi connectivity index (χ0) is 14.0. The number of rotatable bonds is 3. The molecule has 0 saturated carbocycles. The highest BCUT2D eigenvalue weighted by Gasteiger charge is 2.14. The van der Waals surface area contributed by atoms with E-state index >= 15 is 0 Å². The van der Waals surface area contributed by atoms with E-state index in [0.717, 1.165) is 16.9 Å². The van der Waals surface area contributed by atoms with Gasteiger partial charge in [-0.2, -0.15) is 0 Å². The Kier molecular flexibility index (Phi) is 3.91. The Balaban J connectivity index is 2.47. The summed E-state index contributed by atoms with van der Waals surface area (Å²) < 4.78 is 5.25. The third-order valence-corrected chi connectivity index (χ3v) is 3.31. The molecule has 0 heterocycles. The third kappa shape index (κ3) is 2.79. The van der Waals surface area contributed by atoms with E-state index in [-0.39, 0.29) is 5.78 Å². The van der Waals surface area contributed by atoms with E-state index in [2.05, 4.69) is 0 Å². The van der Waals surface area contributed by atoms with Crippen LogP contribution in [0.4, 0.5) is 0 Å². The van der Waals surface area contributed by atoms with Gasteiger partial charge in [-0.25, -0.2) is 0 Å². The Morgan fingerprint density at radius 2 is 1.84 bits per heavy atom. The van der Waals surface area contributed by atoms with Gasteiger partial charge in [0.1, 0.15) is 5.75 Å². The van der Waals surface area contributed by atoms with Crippen molar-refractivity contribution in [2.24, 2.45) is 0 Å². The van der Waals surface area contributed by atoms with E-state index < -0.39 is 0 Å². The van der Waals surface area contributed by atoms with Crippen LogP contribution in [-0.4, -0.2) is 12.9 Å². The second kappa shape index (κ2) is 5.45. The lowest BCUT2D eigenvalue weighted by Gasteiger charge is -2.10. The fourth-order valence-electron chi connectivity index (χ4n) is 2.04. The third-order valence-electron chi connectivity index (χ3n) is 3.07. The molecule has 0 radical (unpaired) electrons. The maximum absolute atomic E-state index is 12.5. The molecule has 0 atom stereocenters. The minimum atomic E-state index is -0.0225. The van der Waals surface area contributed by atoms with Crippen LogP contribution in [0.3, 0.4) is 0 Å². The summed E-state index contributed by atoms with van der Waals surface area (Å²) in [5.74, 6) is 0.769. The normalized spacial score (nSPS) is 10.3. The number of carbonyl (C=O) groups is 1. The molecular formula is C16H15ClO2. The van der Waals surface area contributed by atoms with Gasteiger partial charge in [0.05, 0.1) is 7.11 Å². The van der Waals surface area contributed by atoms with Gasteiger partial charge in [-0.05, 0) is 49.2 Å². The Morgan fingerprint density at radius 1 is 1.11 bits per heavy atom. The summed E-state index contributed by atoms with van der Waals surface area (Å²) in [6, 6.07) is 10.7. The van der Waals surface area contributed by atoms with E-state index in [1.807, 2.05) is 26.0 Å². The van der Waals surface area contributed by atoms with Crippen molar-refractivity contribution in [2.75, 3.05) is 7.11 Å². The molecule has 2 rings (SSSR count). The van der Waals surface area contributed by atoms with Crippen LogP contribution in [0.15, 0.2) is 36.4 Å². The topological polar surface area (TPSA) is 26.3 Å². The van der Waals surface area contributed by atoms with Gasteiger partial charge in [0.15, 0.2) is 5.78 Å². The van der Waals surface area contributed by atoms with E-state index in [9.17, 15) is 4.79 Å². The summed E-state index contributed by atoms with van der Waals surface area (Å²) in [4.78, 5) is 12.5. The van der Waals surface area contributed by atoms with Crippen molar-refractivity contribution >= 4 is 17.4 Å². The molecule has 0 aromatic heterocycles. The number of benzene rings is 2. The molecule has 0 amide bonds. The number of methoxy groups -OCH3 is 1. The van der Waals surface area contributed by atoms with Crippen LogP contribution >= 0.6 is 11.6 Å². The van der Waals surface area contributed by atoms with Crippen LogP contribution in [0.5, 0.6) is 5.75 Å². The molecule has 3 heteroatoms. The van der Waals surface area contributed by atoms with Gasteiger partial charge in [-0.15, -0.1) is 0 Å². The highest BCUT2D eigenvalue weighted by Crippen LogP contribution is 2.25. The van der Waals surface area contributed by atoms with Crippen molar-refractivity contribution in [2.45, 2.75) is 13.8 Å². The van der Waals surface area contributed by atoms with Gasteiger partial charge in [-0.3, -0.25) is 4.79 Å². The number of hydrogen-bond donors (Lipinski definition) is 0. The summed E-state index contributed by atoms with van der Waals surface area (Å²) in [7, 11) is 1.63. The van der Waals surface area contributed by atoms with Gasteiger partial charge in [0, 0.05) is 16.1 Å². The summed E-state index contributed by atoms with van der Waals surface area (Å²) in [5.41, 5.74) is 3.12. The summed E-state index contributed by atoms with van der Waals surface area (Å²) in [6.07, 6.45) is 0. The second-order valence-electron chi connectivity index (χ2n) is 4.48. The van der Waals surface area contributed by atoms with Crippen molar-refractivity contribution in [1.82, 2.24) is 0 Å². The van der Waals surface area contributed by atoms with E-state index in [1.54, 1.807) is 31.4 Å². The van der Waals surface area contributed by atoms with Gasteiger partial charge in [0.25, 0.3) is 0 Å². The van der Waals surface area contributed by atoms with E-state index in [4.69, 9.17) is 16.3 Å². The quantitative estimate of drug-likeness (QED) is 0.784. The fourth-order valence-corrected chi connectivity index (χ4v) is 2.23. The maximum Gasteiger partial charge on any atom is 0.193 e. The van der Waals surface area contributed by atoms with Crippen molar-refractivity contribution in [3.05, 3.63) is 63.7 Å². The second-order valence-corrected chi connectivity index (χ2v) is 4.91. The van der Waals surface area contributed by atoms with Crippen LogP contribution in [0.1, 0.15) is 27.0 Å². The number of aryl methyl sites for hydroxylation is 2. The molecule has 0 fully saturated rings. The first-order valence-electron chi connectivity index (χ1n) is 5.98. The molecule has 0 aliphatic rings. The molecule has 0 aliphatic heterocycles. The molecule has 0 spiro atoms. The van der Waals surface area contributed by atoms with Crippen LogP contribution < -0.4 is 4.74 Å². The van der Waals surface area contributed by atoms with Crippen LogP contribution in [0.25, 0.3) is 0 Å². The maximum atomic E-state index is 12.5. The number of carbonyl (C=O) groups excluding carboxylic acids is 1. The van der Waals surface area contributed by atoms with Gasteiger partial charge < -0.3 is 4.74 Å². The molecule has 0 aliphatic carbocycles. The number of ether oxygens (including phenoxy) is 1. The smallest absolute Gasteiger partial charge is 0.193 e. The van der Waals surface area contributed by atoms with Gasteiger partial charge in [-0.1, -0.05) is 23.7 Å². The molecule has 0 bridgehead atoms. The van der Waals surface area contributed by atoms with E-state index in [0.29, 0.717) is 16.1 Å². The Morgan fingerprint density at radius 3 is 2.47 bits per heavy atom. The largest absolute Gasteiger partial charge is 0.496 e. The monoisotopic (exact) mass is 274 g/mol. The number of hydrogen-bond acceptors (Lipinski definition) is 2. The first kappa shape index (κ1) is 13.6. The van der Waals surface area contributed by atoms with Crippen molar-refractivity contribution in [3.63, 3.8) is 0 Å². The Labute approximate surface area is 118 Å². The van der Waals surface area contributed by atoms with Crippen molar-refractivity contribution in [3.8, 4) is 5.75 Å². The Bertz CT molecular complexity index is 633. The molecule has 98 valence electrons. The summed E-state index contributed by atoms with van der Waals surface area (Å²) >= 11 is 5.92. The van der Waals surface area contributed by atoms with E-state index in [1.165, 1.54) is 0 Å². The summed E-state index contributed by atoms with van der Waals surface area (Å²) in [6.45, 7) is 3.83. The lowest BCUT2D eigenvalue weighted by molar-refractivity contribution is 0.103. The fraction of sp³-hybridized carbons (Fsp3) is 0.188. The predicted octanol–water partition coefficient (Wildman–Crippen LogP) is 4.20. The molecular weight excluding hydrogens is 260 g/mol. The molecule has 0 unspecified atom stereocenters. The predicted molar refractivity (Wildman–Crippen MR) is 77.4 cm³/mol. The summed E-state index contributed by atoms with van der Waals surface area (Å²) in [5, 5.41) is 0.564. The van der Waals surface area contributed by atoms with Gasteiger partial charge >= 0.3 is 0 Å².